The first-order chi connectivity index (χ1) is 14.4. The Morgan fingerprint density at radius 3 is 2.50 bits per heavy atom. The fraction of sp³-hybridized carbons (Fsp3) is 0.318. The number of hydrogen-bond acceptors (Lipinski definition) is 4. The number of carbonyl (C=O) groups excluding carboxylic acids is 1. The van der Waals surface area contributed by atoms with Crippen molar-refractivity contribution in [3.8, 4) is 18.1 Å². The Morgan fingerprint density at radius 1 is 1.13 bits per heavy atom. The summed E-state index contributed by atoms with van der Waals surface area (Å²) >= 11 is 5.92. The molecule has 0 aromatic heterocycles. The number of sulfonamides is 1. The van der Waals surface area contributed by atoms with Crippen LogP contribution in [0.5, 0.6) is 5.75 Å². The molecule has 30 heavy (non-hydrogen) atoms. The highest BCUT2D eigenvalue weighted by molar-refractivity contribution is 7.89. The first kappa shape index (κ1) is 22.2. The van der Waals surface area contributed by atoms with Gasteiger partial charge in [0, 0.05) is 18.1 Å². The van der Waals surface area contributed by atoms with Gasteiger partial charge in [0.1, 0.15) is 18.4 Å². The van der Waals surface area contributed by atoms with Crippen LogP contribution >= 0.6 is 11.6 Å². The van der Waals surface area contributed by atoms with Gasteiger partial charge in [-0.1, -0.05) is 29.7 Å². The summed E-state index contributed by atoms with van der Waals surface area (Å²) in [4.78, 5) is 12.8. The summed E-state index contributed by atoms with van der Waals surface area (Å²) in [6, 6.07) is 12.2. The number of halogens is 1. The molecule has 1 unspecified atom stereocenters. The maximum absolute atomic E-state index is 13.5. The molecule has 0 radical (unpaired) electrons. The molecule has 0 spiro atoms. The van der Waals surface area contributed by atoms with E-state index in [0.29, 0.717) is 23.7 Å². The van der Waals surface area contributed by atoms with Gasteiger partial charge >= 0.3 is 0 Å². The van der Waals surface area contributed by atoms with Crippen LogP contribution in [0.25, 0.3) is 0 Å². The van der Waals surface area contributed by atoms with Gasteiger partial charge in [0.15, 0.2) is 0 Å². The molecule has 158 valence electrons. The minimum atomic E-state index is -3.93. The van der Waals surface area contributed by atoms with Gasteiger partial charge in [-0.3, -0.25) is 4.79 Å². The number of carbonyl (C=O) groups is 1. The number of ether oxygens (including phenoxy) is 1. The second kappa shape index (κ2) is 9.98. The molecule has 3 rings (SSSR count). The third-order valence-corrected chi connectivity index (χ3v) is 6.98. The van der Waals surface area contributed by atoms with Gasteiger partial charge in [-0.2, -0.15) is 4.31 Å². The number of benzene rings is 2. The lowest BCUT2D eigenvalue weighted by atomic mass is 10.1. The third kappa shape index (κ3) is 5.33. The molecule has 0 aliphatic carbocycles. The molecule has 6 nitrogen and oxygen atoms in total. The summed E-state index contributed by atoms with van der Waals surface area (Å²) < 4.78 is 33.6. The van der Waals surface area contributed by atoms with Gasteiger partial charge in [-0.25, -0.2) is 8.42 Å². The Hall–Kier alpha value is -2.53. The van der Waals surface area contributed by atoms with E-state index in [0.717, 1.165) is 18.4 Å². The minimum Gasteiger partial charge on any atom is -0.481 e. The Labute approximate surface area is 182 Å². The molecule has 2 aromatic rings. The molecule has 1 saturated heterocycles. The number of amides is 1. The zero-order valence-electron chi connectivity index (χ0n) is 16.4. The van der Waals surface area contributed by atoms with E-state index in [1.807, 2.05) is 0 Å². The third-order valence-electron chi connectivity index (χ3n) is 4.86. The van der Waals surface area contributed by atoms with Gasteiger partial charge in [0.2, 0.25) is 15.9 Å². The SMILES string of the molecule is C#CCOc1ccc(CN(C2CCCCNC2=O)S(=O)(=O)c2ccc(Cl)cc2)cc1. The number of nitrogens with one attached hydrogen (secondary N) is 1. The zero-order valence-corrected chi connectivity index (χ0v) is 18.0. The fourth-order valence-corrected chi connectivity index (χ4v) is 5.03. The Balaban J connectivity index is 1.94. The summed E-state index contributed by atoms with van der Waals surface area (Å²) in [5.74, 6) is 2.71. The second-order valence-corrected chi connectivity index (χ2v) is 9.27. The van der Waals surface area contributed by atoms with Crippen molar-refractivity contribution in [3.05, 3.63) is 59.1 Å². The molecule has 1 aliphatic heterocycles. The van der Waals surface area contributed by atoms with E-state index >= 15 is 0 Å². The lowest BCUT2D eigenvalue weighted by Gasteiger charge is -2.29. The van der Waals surface area contributed by atoms with Crippen molar-refractivity contribution in [2.75, 3.05) is 13.2 Å². The van der Waals surface area contributed by atoms with Crippen molar-refractivity contribution in [1.29, 1.82) is 0 Å². The van der Waals surface area contributed by atoms with E-state index in [4.69, 9.17) is 22.8 Å². The van der Waals surface area contributed by atoms with Crippen LogP contribution in [0.4, 0.5) is 0 Å². The standard InChI is InChI=1S/C22H23ClN2O4S/c1-2-15-29-19-10-6-17(7-11-19)16-25(21-5-3-4-14-24-22(21)26)30(27,28)20-12-8-18(23)9-13-20/h1,6-13,21H,3-5,14-16H2,(H,24,26). The van der Waals surface area contributed by atoms with Crippen LogP contribution < -0.4 is 10.1 Å². The highest BCUT2D eigenvalue weighted by atomic mass is 35.5. The van der Waals surface area contributed by atoms with Crippen molar-refractivity contribution < 1.29 is 17.9 Å². The summed E-state index contributed by atoms with van der Waals surface area (Å²) in [6.45, 7) is 0.752. The number of terminal acetylenes is 1. The first-order valence-corrected chi connectivity index (χ1v) is 11.4. The second-order valence-electron chi connectivity index (χ2n) is 6.94. The highest BCUT2D eigenvalue weighted by Crippen LogP contribution is 2.26. The molecule has 1 aliphatic rings. The predicted molar refractivity (Wildman–Crippen MR) is 116 cm³/mol. The molecule has 1 atom stereocenters. The monoisotopic (exact) mass is 446 g/mol. The molecule has 0 bridgehead atoms. The molecule has 0 saturated carbocycles. The summed E-state index contributed by atoms with van der Waals surface area (Å²) in [5.41, 5.74) is 0.734. The molecule has 1 heterocycles. The van der Waals surface area contributed by atoms with Crippen LogP contribution in [0.3, 0.4) is 0 Å². The fourth-order valence-electron chi connectivity index (χ4n) is 3.30. The molecule has 1 fully saturated rings. The smallest absolute Gasteiger partial charge is 0.244 e. The van der Waals surface area contributed by atoms with E-state index in [-0.39, 0.29) is 24.0 Å². The lowest BCUT2D eigenvalue weighted by Crippen LogP contribution is -2.48. The molecule has 8 heteroatoms. The number of nitrogens with zero attached hydrogens (tertiary/aromatic N) is 1. The van der Waals surface area contributed by atoms with Gasteiger partial charge in [0.05, 0.1) is 4.90 Å². The summed E-state index contributed by atoms with van der Waals surface area (Å²) in [7, 11) is -3.93. The van der Waals surface area contributed by atoms with Crippen LogP contribution in [-0.2, 0) is 21.4 Å². The van der Waals surface area contributed by atoms with Crippen LogP contribution in [0, 0.1) is 12.3 Å². The lowest BCUT2D eigenvalue weighted by molar-refractivity contribution is -0.124. The summed E-state index contributed by atoms with van der Waals surface area (Å²) in [5, 5.41) is 3.26. The first-order valence-electron chi connectivity index (χ1n) is 9.62. The maximum Gasteiger partial charge on any atom is 0.244 e. The van der Waals surface area contributed by atoms with E-state index in [2.05, 4.69) is 11.2 Å². The molecular weight excluding hydrogens is 424 g/mol. The van der Waals surface area contributed by atoms with Gasteiger partial charge in [-0.05, 0) is 61.2 Å². The zero-order chi connectivity index (χ0) is 21.6. The highest BCUT2D eigenvalue weighted by Gasteiger charge is 2.36. The maximum atomic E-state index is 13.5. The molecular formula is C22H23ClN2O4S. The van der Waals surface area contributed by atoms with E-state index in [1.54, 1.807) is 24.3 Å². The van der Waals surface area contributed by atoms with E-state index in [1.165, 1.54) is 28.6 Å². The Bertz CT molecular complexity index is 1010. The van der Waals surface area contributed by atoms with E-state index in [9.17, 15) is 13.2 Å². The predicted octanol–water partition coefficient (Wildman–Crippen LogP) is 3.21. The van der Waals surface area contributed by atoms with Crippen molar-refractivity contribution in [3.63, 3.8) is 0 Å². The Morgan fingerprint density at radius 2 is 1.83 bits per heavy atom. The molecule has 1 N–H and O–H groups in total. The molecule has 2 aromatic carbocycles. The quantitative estimate of drug-likeness (QED) is 0.662. The minimum absolute atomic E-state index is 0.0540. The van der Waals surface area contributed by atoms with Gasteiger partial charge in [-0.15, -0.1) is 6.42 Å². The van der Waals surface area contributed by atoms with Crippen LogP contribution in [0.1, 0.15) is 24.8 Å². The summed E-state index contributed by atoms with van der Waals surface area (Å²) in [6.07, 6.45) is 7.24. The van der Waals surface area contributed by atoms with Crippen LogP contribution in [-0.4, -0.2) is 37.8 Å². The normalized spacial score (nSPS) is 17.1. The Kier molecular flexibility index (Phi) is 7.38. The van der Waals surface area contributed by atoms with Gasteiger partial charge in [0.25, 0.3) is 0 Å². The van der Waals surface area contributed by atoms with Crippen molar-refractivity contribution in [2.45, 2.75) is 36.7 Å². The van der Waals surface area contributed by atoms with Crippen molar-refractivity contribution >= 4 is 27.5 Å². The molecule has 1 amide bonds. The van der Waals surface area contributed by atoms with Crippen molar-refractivity contribution in [1.82, 2.24) is 9.62 Å². The van der Waals surface area contributed by atoms with E-state index < -0.39 is 16.1 Å². The van der Waals surface area contributed by atoms with Gasteiger partial charge < -0.3 is 10.1 Å². The largest absolute Gasteiger partial charge is 0.481 e. The van der Waals surface area contributed by atoms with Crippen molar-refractivity contribution in [2.24, 2.45) is 0 Å². The number of rotatable bonds is 7. The average Bonchev–Trinajstić information content (AvgIpc) is 2.95. The average molecular weight is 447 g/mol. The van der Waals surface area contributed by atoms with Crippen LogP contribution in [0.15, 0.2) is 53.4 Å². The topological polar surface area (TPSA) is 75.7 Å². The number of hydrogen-bond donors (Lipinski definition) is 1. The van der Waals surface area contributed by atoms with Crippen LogP contribution in [0.2, 0.25) is 5.02 Å².